The summed E-state index contributed by atoms with van der Waals surface area (Å²) in [5.41, 5.74) is 0.00658. The smallest absolute Gasteiger partial charge is 0.412 e. The molecule has 0 heterocycles. The summed E-state index contributed by atoms with van der Waals surface area (Å²) in [6.07, 6.45) is -0.526. The van der Waals surface area contributed by atoms with Gasteiger partial charge < -0.3 is 9.84 Å². The fraction of sp³-hybridized carbons (Fsp3) is 0.364. The van der Waals surface area contributed by atoms with Crippen molar-refractivity contribution in [3.63, 3.8) is 0 Å². The van der Waals surface area contributed by atoms with Gasteiger partial charge in [0.15, 0.2) is 0 Å². The van der Waals surface area contributed by atoms with Crippen LogP contribution in [0.15, 0.2) is 18.2 Å². The van der Waals surface area contributed by atoms with E-state index in [1.807, 2.05) is 0 Å². The number of phenols is 1. The van der Waals surface area contributed by atoms with Crippen LogP contribution in [-0.2, 0) is 4.74 Å². The van der Waals surface area contributed by atoms with E-state index < -0.39 is 11.7 Å². The Hall–Kier alpha value is -1.71. The second kappa shape index (κ2) is 4.21. The van der Waals surface area contributed by atoms with Gasteiger partial charge in [-0.05, 0) is 39.0 Å². The molecule has 0 unspecified atom stereocenters. The van der Waals surface area contributed by atoms with Gasteiger partial charge in [0.25, 0.3) is 0 Å². The summed E-state index contributed by atoms with van der Waals surface area (Å²) in [5, 5.41) is 11.5. The summed E-state index contributed by atoms with van der Waals surface area (Å²) >= 11 is 0. The topological polar surface area (TPSA) is 58.6 Å². The Balaban J connectivity index is 2.55. The Kier molecular flexibility index (Phi) is 3.19. The van der Waals surface area contributed by atoms with Crippen LogP contribution in [0.5, 0.6) is 5.75 Å². The zero-order chi connectivity index (χ0) is 11.5. The van der Waals surface area contributed by atoms with E-state index in [2.05, 4.69) is 11.4 Å². The van der Waals surface area contributed by atoms with Gasteiger partial charge in [-0.25, -0.2) is 4.79 Å². The maximum atomic E-state index is 11.3. The van der Waals surface area contributed by atoms with Crippen LogP contribution in [0.4, 0.5) is 10.5 Å². The molecule has 0 atom stereocenters. The van der Waals surface area contributed by atoms with Crippen molar-refractivity contribution in [2.75, 3.05) is 5.32 Å². The molecule has 1 rings (SSSR count). The zero-order valence-electron chi connectivity index (χ0n) is 9.00. The highest BCUT2D eigenvalue weighted by atomic mass is 16.6. The molecule has 1 aromatic carbocycles. The van der Waals surface area contributed by atoms with Gasteiger partial charge in [0.2, 0.25) is 0 Å². The van der Waals surface area contributed by atoms with E-state index in [4.69, 9.17) is 9.84 Å². The van der Waals surface area contributed by atoms with Crippen LogP contribution in [0.1, 0.15) is 20.8 Å². The fourth-order valence-corrected chi connectivity index (χ4v) is 0.916. The van der Waals surface area contributed by atoms with Crippen LogP contribution in [-0.4, -0.2) is 16.8 Å². The highest BCUT2D eigenvalue weighted by Gasteiger charge is 2.15. The molecule has 1 aromatic rings. The molecule has 0 saturated heterocycles. The summed E-state index contributed by atoms with van der Waals surface area (Å²) in [5.74, 6) is 0.0322. The number of hydrogen-bond donors (Lipinski definition) is 2. The van der Waals surface area contributed by atoms with Gasteiger partial charge in [0, 0.05) is 11.8 Å². The lowest BCUT2D eigenvalue weighted by atomic mass is 10.2. The molecule has 1 radical (unpaired) electrons. The first kappa shape index (κ1) is 11.4. The van der Waals surface area contributed by atoms with E-state index in [0.29, 0.717) is 5.69 Å². The number of phenolic OH excluding ortho intramolecular Hbond substituents is 1. The SMILES string of the molecule is CC(C)(C)OC(=O)Nc1c[c]c(O)cc1. The first-order chi connectivity index (χ1) is 6.87. The Morgan fingerprint density at radius 2 is 2.13 bits per heavy atom. The Labute approximate surface area is 88.9 Å². The van der Waals surface area contributed by atoms with Crippen molar-refractivity contribution >= 4 is 11.8 Å². The molecule has 1 amide bonds. The highest BCUT2D eigenvalue weighted by molar-refractivity contribution is 5.84. The van der Waals surface area contributed by atoms with Crippen LogP contribution in [0.2, 0.25) is 0 Å². The normalized spacial score (nSPS) is 10.9. The monoisotopic (exact) mass is 208 g/mol. The molecule has 0 saturated carbocycles. The number of nitrogens with one attached hydrogen (secondary N) is 1. The van der Waals surface area contributed by atoms with E-state index in [1.165, 1.54) is 12.1 Å². The average Bonchev–Trinajstić information content (AvgIpc) is 2.05. The molecule has 15 heavy (non-hydrogen) atoms. The van der Waals surface area contributed by atoms with E-state index in [1.54, 1.807) is 26.8 Å². The molecule has 0 bridgehead atoms. The van der Waals surface area contributed by atoms with E-state index in [0.717, 1.165) is 0 Å². The number of amides is 1. The maximum absolute atomic E-state index is 11.3. The van der Waals surface area contributed by atoms with Crippen molar-refractivity contribution in [3.05, 3.63) is 24.3 Å². The molecule has 4 nitrogen and oxygen atoms in total. The van der Waals surface area contributed by atoms with Gasteiger partial charge in [0.1, 0.15) is 11.4 Å². The van der Waals surface area contributed by atoms with Crippen molar-refractivity contribution in [1.82, 2.24) is 0 Å². The van der Waals surface area contributed by atoms with Gasteiger partial charge in [-0.15, -0.1) is 0 Å². The van der Waals surface area contributed by atoms with Gasteiger partial charge in [-0.3, -0.25) is 5.32 Å². The zero-order valence-corrected chi connectivity index (χ0v) is 9.00. The predicted molar refractivity (Wildman–Crippen MR) is 56.8 cm³/mol. The van der Waals surface area contributed by atoms with Crippen LogP contribution in [0, 0.1) is 6.07 Å². The van der Waals surface area contributed by atoms with Crippen molar-refractivity contribution in [1.29, 1.82) is 0 Å². The lowest BCUT2D eigenvalue weighted by molar-refractivity contribution is 0.0636. The molecule has 0 aromatic heterocycles. The number of aromatic hydroxyl groups is 1. The molecular formula is C11H14NO3. The minimum atomic E-state index is -0.526. The average molecular weight is 208 g/mol. The third kappa shape index (κ3) is 4.35. The number of rotatable bonds is 1. The molecule has 2 N–H and O–H groups in total. The summed E-state index contributed by atoms with van der Waals surface area (Å²) in [6, 6.07) is 7.03. The first-order valence-electron chi connectivity index (χ1n) is 4.57. The van der Waals surface area contributed by atoms with Crippen LogP contribution >= 0.6 is 0 Å². The quantitative estimate of drug-likeness (QED) is 0.697. The van der Waals surface area contributed by atoms with Gasteiger partial charge in [-0.1, -0.05) is 0 Å². The van der Waals surface area contributed by atoms with Crippen LogP contribution in [0.3, 0.4) is 0 Å². The Morgan fingerprint density at radius 3 is 2.60 bits per heavy atom. The van der Waals surface area contributed by atoms with E-state index in [9.17, 15) is 4.79 Å². The summed E-state index contributed by atoms with van der Waals surface area (Å²) in [6.45, 7) is 5.36. The molecule has 0 spiro atoms. The predicted octanol–water partition coefficient (Wildman–Crippen LogP) is 2.54. The molecule has 4 heteroatoms. The van der Waals surface area contributed by atoms with Crippen molar-refractivity contribution in [3.8, 4) is 5.75 Å². The minimum Gasteiger partial charge on any atom is -0.507 e. The van der Waals surface area contributed by atoms with Gasteiger partial charge >= 0.3 is 6.09 Å². The molecule has 0 aliphatic rings. The van der Waals surface area contributed by atoms with Crippen molar-refractivity contribution < 1.29 is 14.6 Å². The third-order valence-electron chi connectivity index (χ3n) is 1.44. The number of anilines is 1. The second-order valence-electron chi connectivity index (χ2n) is 4.09. The Morgan fingerprint density at radius 1 is 1.47 bits per heavy atom. The van der Waals surface area contributed by atoms with E-state index >= 15 is 0 Å². The van der Waals surface area contributed by atoms with Crippen LogP contribution in [0.25, 0.3) is 0 Å². The first-order valence-corrected chi connectivity index (χ1v) is 4.57. The number of ether oxygens (including phenoxy) is 1. The largest absolute Gasteiger partial charge is 0.507 e. The fourth-order valence-electron chi connectivity index (χ4n) is 0.916. The number of benzene rings is 1. The molecular weight excluding hydrogens is 194 g/mol. The molecule has 0 aliphatic carbocycles. The van der Waals surface area contributed by atoms with E-state index in [-0.39, 0.29) is 5.75 Å². The van der Waals surface area contributed by atoms with Gasteiger partial charge in [0.05, 0.1) is 0 Å². The summed E-state index contributed by atoms with van der Waals surface area (Å²) < 4.78 is 5.05. The summed E-state index contributed by atoms with van der Waals surface area (Å²) in [4.78, 5) is 11.3. The minimum absolute atomic E-state index is 0.0322. The number of carbonyl (C=O) groups excluding carboxylic acids is 1. The highest BCUT2D eigenvalue weighted by Crippen LogP contribution is 2.14. The maximum Gasteiger partial charge on any atom is 0.412 e. The van der Waals surface area contributed by atoms with Crippen LogP contribution < -0.4 is 5.32 Å². The lowest BCUT2D eigenvalue weighted by Crippen LogP contribution is -2.27. The number of hydrogen-bond acceptors (Lipinski definition) is 3. The lowest BCUT2D eigenvalue weighted by Gasteiger charge is -2.19. The standard InChI is InChI=1S/C11H14NO3/c1-11(2,3)15-10(14)12-8-4-6-9(13)7-5-8/h4-6,13H,1-3H3,(H,12,14). The second-order valence-corrected chi connectivity index (χ2v) is 4.09. The number of carbonyl (C=O) groups is 1. The molecule has 81 valence electrons. The Bertz CT molecular complexity index is 338. The third-order valence-corrected chi connectivity index (χ3v) is 1.44. The molecule has 0 fully saturated rings. The summed E-state index contributed by atoms with van der Waals surface area (Å²) in [7, 11) is 0. The van der Waals surface area contributed by atoms with Crippen molar-refractivity contribution in [2.45, 2.75) is 26.4 Å². The van der Waals surface area contributed by atoms with Gasteiger partial charge in [-0.2, -0.15) is 0 Å². The molecule has 0 aliphatic heterocycles. The van der Waals surface area contributed by atoms with Crippen molar-refractivity contribution in [2.24, 2.45) is 0 Å².